The highest BCUT2D eigenvalue weighted by molar-refractivity contribution is 5.48. The summed E-state index contributed by atoms with van der Waals surface area (Å²) in [5, 5.41) is 0. The zero-order valence-electron chi connectivity index (χ0n) is 12.4. The minimum absolute atomic E-state index is 0.374. The molecule has 0 saturated heterocycles. The predicted molar refractivity (Wildman–Crippen MR) is 72.1 cm³/mol. The van der Waals surface area contributed by atoms with Crippen LogP contribution in [0.15, 0.2) is 30.3 Å². The van der Waals surface area contributed by atoms with Crippen molar-refractivity contribution in [2.24, 2.45) is 0 Å². The van der Waals surface area contributed by atoms with Gasteiger partial charge in [0.1, 0.15) is 5.75 Å². The summed E-state index contributed by atoms with van der Waals surface area (Å²) in [7, 11) is 0. The number of hydrogen-bond acceptors (Lipinski definition) is 2. The molecule has 0 aliphatic rings. The third kappa shape index (κ3) is 3.51. The van der Waals surface area contributed by atoms with Gasteiger partial charge >= 0.3 is 12.1 Å². The van der Waals surface area contributed by atoms with E-state index in [1.807, 2.05) is 0 Å². The second-order valence-electron chi connectivity index (χ2n) is 5.06. The van der Waals surface area contributed by atoms with Crippen molar-refractivity contribution in [2.75, 3.05) is 5.73 Å². The van der Waals surface area contributed by atoms with E-state index < -0.39 is 52.7 Å². The number of rotatable bonds is 4. The minimum Gasteiger partial charge on any atom is -0.454 e. The van der Waals surface area contributed by atoms with Gasteiger partial charge in [-0.25, -0.2) is 13.2 Å². The Hall–Kier alpha value is -2.59. The molecule has 2 nitrogen and oxygen atoms in total. The third-order valence-electron chi connectivity index (χ3n) is 3.24. The van der Waals surface area contributed by atoms with E-state index in [1.54, 1.807) is 0 Å². The van der Waals surface area contributed by atoms with Gasteiger partial charge in [-0.2, -0.15) is 26.3 Å². The zero-order chi connectivity index (χ0) is 19.9. The summed E-state index contributed by atoms with van der Waals surface area (Å²) >= 11 is 0. The monoisotopic (exact) mass is 389 g/mol. The maximum absolute atomic E-state index is 13.5. The number of hydrogen-bond donors (Lipinski definition) is 1. The van der Waals surface area contributed by atoms with Crippen LogP contribution in [0.25, 0.3) is 0 Å². The summed E-state index contributed by atoms with van der Waals surface area (Å²) in [6.07, 6.45) is -9.79. The fourth-order valence-corrected chi connectivity index (χ4v) is 1.86. The second kappa shape index (κ2) is 6.61. The molecule has 0 aliphatic carbocycles. The molecule has 0 saturated carbocycles. The van der Waals surface area contributed by atoms with Crippen LogP contribution in [0.1, 0.15) is 11.7 Å². The van der Waals surface area contributed by atoms with E-state index in [2.05, 4.69) is 0 Å². The Balaban J connectivity index is 2.26. The molecule has 0 spiro atoms. The number of nitrogens with two attached hydrogens (primary N) is 1. The first-order chi connectivity index (χ1) is 11.9. The summed E-state index contributed by atoms with van der Waals surface area (Å²) in [5.74, 6) is -12.2. The van der Waals surface area contributed by atoms with Crippen molar-refractivity contribution in [1.29, 1.82) is 0 Å². The quantitative estimate of drug-likeness (QED) is 0.415. The summed E-state index contributed by atoms with van der Waals surface area (Å²) in [6, 6.07) is 3.16. The fraction of sp³-hybridized carbons (Fsp3) is 0.200. The molecule has 2 N–H and O–H groups in total. The van der Waals surface area contributed by atoms with E-state index in [0.717, 1.165) is 12.1 Å². The normalized spacial score (nSPS) is 13.6. The van der Waals surface area contributed by atoms with Gasteiger partial charge in [-0.1, -0.05) is 12.1 Å². The van der Waals surface area contributed by atoms with E-state index in [9.17, 15) is 39.5 Å². The van der Waals surface area contributed by atoms with Gasteiger partial charge in [0.15, 0.2) is 23.6 Å². The molecule has 2 aromatic carbocycles. The number of benzene rings is 2. The number of ether oxygens (including phenoxy) is 1. The van der Waals surface area contributed by atoms with E-state index in [-0.39, 0.29) is 5.75 Å². The average Bonchev–Trinajstić information content (AvgIpc) is 2.56. The van der Waals surface area contributed by atoms with Crippen LogP contribution in [-0.2, 0) is 0 Å². The van der Waals surface area contributed by atoms with Gasteiger partial charge in [-0.05, 0) is 17.7 Å². The molecule has 2 aromatic rings. The molecular weight excluding hydrogens is 381 g/mol. The highest BCUT2D eigenvalue weighted by Gasteiger charge is 2.63. The summed E-state index contributed by atoms with van der Waals surface area (Å²) in [5.41, 5.74) is 3.28. The van der Waals surface area contributed by atoms with Crippen LogP contribution < -0.4 is 10.5 Å². The Morgan fingerprint density at radius 1 is 0.846 bits per heavy atom. The SMILES string of the molecule is Nc1cc(Oc2ccc(C(F)C(F)(F)C(F)(F)F)cc2)c(F)c(F)c1F. The maximum Gasteiger partial charge on any atom is 0.456 e. The van der Waals surface area contributed by atoms with Gasteiger partial charge < -0.3 is 10.5 Å². The largest absolute Gasteiger partial charge is 0.456 e. The lowest BCUT2D eigenvalue weighted by Gasteiger charge is -2.23. The molecule has 0 amide bonds. The Morgan fingerprint density at radius 2 is 1.38 bits per heavy atom. The lowest BCUT2D eigenvalue weighted by atomic mass is 10.0. The highest BCUT2D eigenvalue weighted by atomic mass is 19.4. The number of alkyl halides is 6. The molecule has 1 atom stereocenters. The molecular formula is C15H8F9NO. The predicted octanol–water partition coefficient (Wildman–Crippen LogP) is 5.69. The lowest BCUT2D eigenvalue weighted by Crippen LogP contribution is -2.40. The molecule has 11 heteroatoms. The van der Waals surface area contributed by atoms with Gasteiger partial charge in [-0.3, -0.25) is 0 Å². The van der Waals surface area contributed by atoms with E-state index in [1.165, 1.54) is 0 Å². The first-order valence-corrected chi connectivity index (χ1v) is 6.65. The summed E-state index contributed by atoms with van der Waals surface area (Å²) in [4.78, 5) is 0. The van der Waals surface area contributed by atoms with Crippen LogP contribution >= 0.6 is 0 Å². The summed E-state index contributed by atoms with van der Waals surface area (Å²) < 4.78 is 121. The lowest BCUT2D eigenvalue weighted by molar-refractivity contribution is -0.305. The molecule has 142 valence electrons. The Kier molecular flexibility index (Phi) is 5.02. The maximum atomic E-state index is 13.5. The van der Waals surface area contributed by atoms with Crippen molar-refractivity contribution in [3.8, 4) is 11.5 Å². The van der Waals surface area contributed by atoms with Crippen LogP contribution in [0.5, 0.6) is 11.5 Å². The standard InChI is InChI=1S/C15H8F9NO/c16-10-8(25)5-9(11(17)12(10)18)26-7-3-1-6(2-4-7)13(19)14(20,21)15(22,23)24/h1-5,13H,25H2. The average molecular weight is 389 g/mol. The minimum atomic E-state index is -6.10. The van der Waals surface area contributed by atoms with Crippen molar-refractivity contribution in [1.82, 2.24) is 0 Å². The molecule has 0 radical (unpaired) electrons. The van der Waals surface area contributed by atoms with Crippen LogP contribution in [0.4, 0.5) is 45.2 Å². The molecule has 0 fully saturated rings. The zero-order valence-corrected chi connectivity index (χ0v) is 12.4. The molecule has 1 unspecified atom stereocenters. The van der Waals surface area contributed by atoms with Gasteiger partial charge in [0.05, 0.1) is 5.69 Å². The number of halogens is 9. The number of nitrogen functional groups attached to an aromatic ring is 1. The molecule has 0 bridgehead atoms. The van der Waals surface area contributed by atoms with E-state index >= 15 is 0 Å². The second-order valence-corrected chi connectivity index (χ2v) is 5.06. The van der Waals surface area contributed by atoms with Gasteiger partial charge in [0, 0.05) is 6.07 Å². The van der Waals surface area contributed by atoms with E-state index in [0.29, 0.717) is 18.2 Å². The molecule has 2 rings (SSSR count). The van der Waals surface area contributed by atoms with Crippen molar-refractivity contribution in [3.05, 3.63) is 53.3 Å². The van der Waals surface area contributed by atoms with Crippen molar-refractivity contribution >= 4 is 5.69 Å². The van der Waals surface area contributed by atoms with E-state index in [4.69, 9.17) is 10.5 Å². The fourth-order valence-electron chi connectivity index (χ4n) is 1.86. The Labute approximate surface area is 140 Å². The Bertz CT molecular complexity index is 802. The highest BCUT2D eigenvalue weighted by Crippen LogP contribution is 2.46. The first-order valence-electron chi connectivity index (χ1n) is 6.65. The van der Waals surface area contributed by atoms with Crippen molar-refractivity contribution < 1.29 is 44.3 Å². The molecule has 26 heavy (non-hydrogen) atoms. The molecule has 0 aromatic heterocycles. The molecule has 0 aliphatic heterocycles. The number of anilines is 1. The van der Waals surface area contributed by atoms with Crippen LogP contribution in [0.3, 0.4) is 0 Å². The first kappa shape index (κ1) is 19.7. The topological polar surface area (TPSA) is 35.2 Å². The van der Waals surface area contributed by atoms with Crippen LogP contribution in [-0.4, -0.2) is 12.1 Å². The van der Waals surface area contributed by atoms with Crippen molar-refractivity contribution in [3.63, 3.8) is 0 Å². The molecule has 0 heterocycles. The van der Waals surface area contributed by atoms with Crippen LogP contribution in [0, 0.1) is 17.5 Å². The third-order valence-corrected chi connectivity index (χ3v) is 3.24. The van der Waals surface area contributed by atoms with Crippen molar-refractivity contribution in [2.45, 2.75) is 18.3 Å². The van der Waals surface area contributed by atoms with Gasteiger partial charge in [0.25, 0.3) is 0 Å². The van der Waals surface area contributed by atoms with Crippen LogP contribution in [0.2, 0.25) is 0 Å². The van der Waals surface area contributed by atoms with Gasteiger partial charge in [-0.15, -0.1) is 0 Å². The van der Waals surface area contributed by atoms with Gasteiger partial charge in [0.2, 0.25) is 5.82 Å². The smallest absolute Gasteiger partial charge is 0.454 e. The Morgan fingerprint density at radius 3 is 1.88 bits per heavy atom. The summed E-state index contributed by atoms with van der Waals surface area (Å²) in [6.45, 7) is 0.